The number of piperidine rings is 1. The van der Waals surface area contributed by atoms with Crippen LogP contribution in [0.2, 0.25) is 0 Å². The molecule has 22 heavy (non-hydrogen) atoms. The van der Waals surface area contributed by atoms with Crippen LogP contribution in [0.3, 0.4) is 0 Å². The monoisotopic (exact) mass is 332 g/mol. The highest BCUT2D eigenvalue weighted by molar-refractivity contribution is 5.85. The van der Waals surface area contributed by atoms with Crippen LogP contribution in [0.5, 0.6) is 0 Å². The SMILES string of the molecule is CC(CCc1ccc(F)c(F)c1)NC(=O)C1CCNCC1.Cl. The first-order valence-electron chi connectivity index (χ1n) is 7.51. The molecule has 0 radical (unpaired) electrons. The molecule has 0 aromatic heterocycles. The van der Waals surface area contributed by atoms with Gasteiger partial charge < -0.3 is 10.6 Å². The maximum Gasteiger partial charge on any atom is 0.223 e. The molecule has 1 fully saturated rings. The normalized spacial score (nSPS) is 16.7. The smallest absolute Gasteiger partial charge is 0.223 e. The molecule has 2 rings (SSSR count). The molecule has 6 heteroatoms. The van der Waals surface area contributed by atoms with Gasteiger partial charge in [0.15, 0.2) is 11.6 Å². The summed E-state index contributed by atoms with van der Waals surface area (Å²) < 4.78 is 25.9. The molecule has 0 spiro atoms. The summed E-state index contributed by atoms with van der Waals surface area (Å²) in [7, 11) is 0. The Morgan fingerprint density at radius 3 is 2.64 bits per heavy atom. The molecule has 1 amide bonds. The van der Waals surface area contributed by atoms with Crippen LogP contribution in [0, 0.1) is 17.6 Å². The van der Waals surface area contributed by atoms with E-state index in [4.69, 9.17) is 0 Å². The molecule has 1 aromatic carbocycles. The molecular formula is C16H23ClF2N2O. The third kappa shape index (κ3) is 5.54. The summed E-state index contributed by atoms with van der Waals surface area (Å²) in [5.74, 6) is -1.45. The number of carbonyl (C=O) groups excluding carboxylic acids is 1. The maximum atomic E-state index is 13.1. The number of hydrogen-bond acceptors (Lipinski definition) is 2. The van der Waals surface area contributed by atoms with Crippen molar-refractivity contribution in [2.75, 3.05) is 13.1 Å². The van der Waals surface area contributed by atoms with E-state index in [1.165, 1.54) is 6.07 Å². The van der Waals surface area contributed by atoms with Gasteiger partial charge in [-0.2, -0.15) is 0 Å². The number of nitrogens with one attached hydrogen (secondary N) is 2. The van der Waals surface area contributed by atoms with E-state index in [1.54, 1.807) is 6.07 Å². The third-order valence-electron chi connectivity index (χ3n) is 3.95. The van der Waals surface area contributed by atoms with E-state index in [1.807, 2.05) is 6.92 Å². The van der Waals surface area contributed by atoms with Gasteiger partial charge in [-0.15, -0.1) is 12.4 Å². The van der Waals surface area contributed by atoms with E-state index in [9.17, 15) is 13.6 Å². The molecule has 1 heterocycles. The second kappa shape index (κ2) is 9.06. The average Bonchev–Trinajstić information content (AvgIpc) is 2.49. The van der Waals surface area contributed by atoms with Crippen LogP contribution in [0.15, 0.2) is 18.2 Å². The highest BCUT2D eigenvalue weighted by Gasteiger charge is 2.21. The molecule has 1 atom stereocenters. The topological polar surface area (TPSA) is 41.1 Å². The molecule has 0 aliphatic carbocycles. The first kappa shape index (κ1) is 18.8. The van der Waals surface area contributed by atoms with Gasteiger partial charge in [-0.1, -0.05) is 6.07 Å². The lowest BCUT2D eigenvalue weighted by atomic mass is 9.96. The van der Waals surface area contributed by atoms with E-state index in [2.05, 4.69) is 10.6 Å². The van der Waals surface area contributed by atoms with Crippen molar-refractivity contribution < 1.29 is 13.6 Å². The summed E-state index contributed by atoms with van der Waals surface area (Å²) in [5, 5.41) is 6.24. The number of aryl methyl sites for hydroxylation is 1. The van der Waals surface area contributed by atoms with Gasteiger partial charge in [0.2, 0.25) is 5.91 Å². The predicted molar refractivity (Wildman–Crippen MR) is 85.1 cm³/mol. The van der Waals surface area contributed by atoms with Crippen LogP contribution in [-0.2, 0) is 11.2 Å². The van der Waals surface area contributed by atoms with Crippen LogP contribution in [0.25, 0.3) is 0 Å². The fraction of sp³-hybridized carbons (Fsp3) is 0.562. The Morgan fingerprint density at radius 1 is 1.32 bits per heavy atom. The van der Waals surface area contributed by atoms with Gasteiger partial charge in [0.05, 0.1) is 0 Å². The minimum atomic E-state index is -0.828. The van der Waals surface area contributed by atoms with E-state index >= 15 is 0 Å². The molecule has 0 bridgehead atoms. The van der Waals surface area contributed by atoms with E-state index < -0.39 is 11.6 Å². The van der Waals surface area contributed by atoms with Gasteiger partial charge >= 0.3 is 0 Å². The zero-order valence-corrected chi connectivity index (χ0v) is 13.5. The Bertz CT molecular complexity index is 493. The van der Waals surface area contributed by atoms with Crippen molar-refractivity contribution in [1.82, 2.24) is 10.6 Å². The minimum Gasteiger partial charge on any atom is -0.353 e. The van der Waals surface area contributed by atoms with Crippen LogP contribution in [0.1, 0.15) is 31.7 Å². The Hall–Kier alpha value is -1.20. The van der Waals surface area contributed by atoms with Gasteiger partial charge in [0.1, 0.15) is 0 Å². The predicted octanol–water partition coefficient (Wildman–Crippen LogP) is 2.82. The molecule has 1 aliphatic heterocycles. The first-order chi connectivity index (χ1) is 10.1. The first-order valence-corrected chi connectivity index (χ1v) is 7.51. The fourth-order valence-electron chi connectivity index (χ4n) is 2.60. The van der Waals surface area contributed by atoms with Crippen molar-refractivity contribution in [1.29, 1.82) is 0 Å². The lowest BCUT2D eigenvalue weighted by Crippen LogP contribution is -2.41. The van der Waals surface area contributed by atoms with Crippen molar-refractivity contribution in [3.05, 3.63) is 35.4 Å². The largest absolute Gasteiger partial charge is 0.353 e. The van der Waals surface area contributed by atoms with Gasteiger partial charge in [-0.25, -0.2) is 8.78 Å². The standard InChI is InChI=1S/C16H22F2N2O.ClH/c1-11(20-16(21)13-6-8-19-9-7-13)2-3-12-4-5-14(17)15(18)10-12;/h4-5,10-11,13,19H,2-3,6-9H2,1H3,(H,20,21);1H. The number of carbonyl (C=O) groups is 1. The Balaban J connectivity index is 0.00000242. The Labute approximate surface area is 136 Å². The van der Waals surface area contributed by atoms with Crippen LogP contribution in [0.4, 0.5) is 8.78 Å². The summed E-state index contributed by atoms with van der Waals surface area (Å²) >= 11 is 0. The third-order valence-corrected chi connectivity index (χ3v) is 3.95. The molecule has 1 aromatic rings. The van der Waals surface area contributed by atoms with Crippen molar-refractivity contribution in [3.8, 4) is 0 Å². The zero-order chi connectivity index (χ0) is 15.2. The minimum absolute atomic E-state index is 0. The second-order valence-corrected chi connectivity index (χ2v) is 5.72. The molecular weight excluding hydrogens is 310 g/mol. The van der Waals surface area contributed by atoms with Crippen LogP contribution < -0.4 is 10.6 Å². The molecule has 0 saturated carbocycles. The molecule has 1 aliphatic rings. The van der Waals surface area contributed by atoms with E-state index in [0.717, 1.165) is 37.6 Å². The van der Waals surface area contributed by atoms with E-state index in [-0.39, 0.29) is 30.3 Å². The Kier molecular flexibility index (Phi) is 7.76. The van der Waals surface area contributed by atoms with Gasteiger partial charge in [0, 0.05) is 12.0 Å². The summed E-state index contributed by atoms with van der Waals surface area (Å²) in [6.45, 7) is 3.72. The zero-order valence-electron chi connectivity index (χ0n) is 12.7. The van der Waals surface area contributed by atoms with Crippen molar-refractivity contribution in [3.63, 3.8) is 0 Å². The highest BCUT2D eigenvalue weighted by Crippen LogP contribution is 2.14. The molecule has 1 saturated heterocycles. The number of benzene rings is 1. The van der Waals surface area contributed by atoms with Crippen molar-refractivity contribution >= 4 is 18.3 Å². The summed E-state index contributed by atoms with van der Waals surface area (Å²) in [4.78, 5) is 12.1. The summed E-state index contributed by atoms with van der Waals surface area (Å²) in [6.07, 6.45) is 3.08. The molecule has 3 nitrogen and oxygen atoms in total. The van der Waals surface area contributed by atoms with Gasteiger partial charge in [-0.3, -0.25) is 4.79 Å². The molecule has 124 valence electrons. The fourth-order valence-corrected chi connectivity index (χ4v) is 2.60. The van der Waals surface area contributed by atoms with Crippen LogP contribution >= 0.6 is 12.4 Å². The highest BCUT2D eigenvalue weighted by atomic mass is 35.5. The number of amides is 1. The van der Waals surface area contributed by atoms with Gasteiger partial charge in [0.25, 0.3) is 0 Å². The lowest BCUT2D eigenvalue weighted by molar-refractivity contribution is -0.126. The van der Waals surface area contributed by atoms with Crippen molar-refractivity contribution in [2.45, 2.75) is 38.6 Å². The van der Waals surface area contributed by atoms with Gasteiger partial charge in [-0.05, 0) is 63.4 Å². The van der Waals surface area contributed by atoms with Crippen molar-refractivity contribution in [2.24, 2.45) is 5.92 Å². The van der Waals surface area contributed by atoms with Crippen LogP contribution in [-0.4, -0.2) is 25.0 Å². The lowest BCUT2D eigenvalue weighted by Gasteiger charge is -2.24. The summed E-state index contributed by atoms with van der Waals surface area (Å²) in [5.41, 5.74) is 0.747. The maximum absolute atomic E-state index is 13.1. The summed E-state index contributed by atoms with van der Waals surface area (Å²) in [6, 6.07) is 3.97. The number of hydrogen-bond donors (Lipinski definition) is 2. The molecule has 2 N–H and O–H groups in total. The van der Waals surface area contributed by atoms with E-state index in [0.29, 0.717) is 12.8 Å². The molecule has 1 unspecified atom stereocenters. The number of rotatable bonds is 5. The quantitative estimate of drug-likeness (QED) is 0.870. The Morgan fingerprint density at radius 2 is 2.00 bits per heavy atom. The average molecular weight is 333 g/mol. The number of halogens is 3. The second-order valence-electron chi connectivity index (χ2n) is 5.72.